The molecule has 1 fully saturated rings. The largest absolute Gasteiger partial charge is 0.494 e. The Morgan fingerprint density at radius 1 is 1.21 bits per heavy atom. The molecular formula is C16H23NO2. The lowest BCUT2D eigenvalue weighted by molar-refractivity contribution is 0.0809. The zero-order valence-corrected chi connectivity index (χ0v) is 11.9. The second-order valence-electron chi connectivity index (χ2n) is 5.09. The van der Waals surface area contributed by atoms with E-state index in [4.69, 9.17) is 4.74 Å². The van der Waals surface area contributed by atoms with Crippen molar-refractivity contribution in [3.63, 3.8) is 0 Å². The molecule has 19 heavy (non-hydrogen) atoms. The fraction of sp³-hybridized carbons (Fsp3) is 0.562. The summed E-state index contributed by atoms with van der Waals surface area (Å²) in [5, 5.41) is 0. The van der Waals surface area contributed by atoms with Crippen LogP contribution in [0.4, 0.5) is 0 Å². The van der Waals surface area contributed by atoms with Crippen LogP contribution in [0.3, 0.4) is 0 Å². The van der Waals surface area contributed by atoms with E-state index in [1.807, 2.05) is 38.1 Å². The topological polar surface area (TPSA) is 29.5 Å². The van der Waals surface area contributed by atoms with Crippen molar-refractivity contribution in [3.8, 4) is 5.75 Å². The minimum absolute atomic E-state index is 0.0155. The highest BCUT2D eigenvalue weighted by molar-refractivity contribution is 5.99. The van der Waals surface area contributed by atoms with Crippen molar-refractivity contribution in [2.75, 3.05) is 19.7 Å². The predicted molar refractivity (Wildman–Crippen MR) is 76.8 cm³/mol. The van der Waals surface area contributed by atoms with Crippen molar-refractivity contribution in [3.05, 3.63) is 29.8 Å². The molecule has 0 N–H and O–H groups in total. The zero-order valence-electron chi connectivity index (χ0n) is 11.9. The van der Waals surface area contributed by atoms with Crippen LogP contribution in [0.1, 0.15) is 43.5 Å². The molecule has 1 aromatic carbocycles. The number of carbonyl (C=O) groups excluding carboxylic acids is 1. The molecule has 3 nitrogen and oxygen atoms in total. The average molecular weight is 261 g/mol. The summed E-state index contributed by atoms with van der Waals surface area (Å²) >= 11 is 0. The molecule has 1 heterocycles. The first-order valence-corrected chi connectivity index (χ1v) is 7.23. The summed E-state index contributed by atoms with van der Waals surface area (Å²) < 4.78 is 5.40. The van der Waals surface area contributed by atoms with E-state index in [9.17, 15) is 4.79 Å². The summed E-state index contributed by atoms with van der Waals surface area (Å²) in [6, 6.07) is 7.47. The summed E-state index contributed by atoms with van der Waals surface area (Å²) in [5.41, 5.74) is 0.779. The Morgan fingerprint density at radius 3 is 2.42 bits per heavy atom. The van der Waals surface area contributed by atoms with E-state index in [0.717, 1.165) is 24.4 Å². The number of piperidine rings is 1. The van der Waals surface area contributed by atoms with Gasteiger partial charge in [0.25, 0.3) is 0 Å². The third-order valence-electron chi connectivity index (χ3n) is 3.77. The maximum Gasteiger partial charge on any atom is 0.179 e. The van der Waals surface area contributed by atoms with Gasteiger partial charge in [0.15, 0.2) is 5.78 Å². The lowest BCUT2D eigenvalue weighted by atomic mass is 10.0. The first-order chi connectivity index (χ1) is 9.22. The van der Waals surface area contributed by atoms with Crippen molar-refractivity contribution in [1.29, 1.82) is 0 Å². The molecule has 1 aliphatic rings. The Labute approximate surface area is 115 Å². The number of ketones is 1. The number of benzene rings is 1. The molecule has 1 saturated heterocycles. The first-order valence-electron chi connectivity index (χ1n) is 7.23. The van der Waals surface area contributed by atoms with Gasteiger partial charge >= 0.3 is 0 Å². The standard InChI is InChI=1S/C16H23NO2/c1-3-19-15-9-7-14(8-10-15)16(18)13(2)17-11-5-4-6-12-17/h7-10,13H,3-6,11-12H2,1-2H3. The molecule has 0 radical (unpaired) electrons. The van der Waals surface area contributed by atoms with Crippen molar-refractivity contribution in [2.24, 2.45) is 0 Å². The Bertz CT molecular complexity index is 407. The monoisotopic (exact) mass is 261 g/mol. The third kappa shape index (κ3) is 3.57. The fourth-order valence-electron chi connectivity index (χ4n) is 2.59. The van der Waals surface area contributed by atoms with Crippen LogP contribution in [0, 0.1) is 0 Å². The van der Waals surface area contributed by atoms with Crippen molar-refractivity contribution < 1.29 is 9.53 Å². The maximum absolute atomic E-state index is 12.4. The molecule has 1 aliphatic heterocycles. The number of Topliss-reactive ketones (excluding diaryl/α,β-unsaturated/α-hetero) is 1. The van der Waals surface area contributed by atoms with Crippen LogP contribution in [0.15, 0.2) is 24.3 Å². The molecule has 1 unspecified atom stereocenters. The van der Waals surface area contributed by atoms with Gasteiger partial charge in [0, 0.05) is 5.56 Å². The lowest BCUT2D eigenvalue weighted by Gasteiger charge is -2.31. The summed E-state index contributed by atoms with van der Waals surface area (Å²) in [6.45, 7) is 6.72. The Kier molecular flexibility index (Phi) is 4.97. The van der Waals surface area contributed by atoms with Crippen LogP contribution in [0.25, 0.3) is 0 Å². The van der Waals surface area contributed by atoms with Crippen LogP contribution in [-0.4, -0.2) is 36.4 Å². The van der Waals surface area contributed by atoms with E-state index < -0.39 is 0 Å². The lowest BCUT2D eigenvalue weighted by Crippen LogP contribution is -2.42. The molecule has 104 valence electrons. The minimum Gasteiger partial charge on any atom is -0.494 e. The molecular weight excluding hydrogens is 238 g/mol. The SMILES string of the molecule is CCOc1ccc(C(=O)C(C)N2CCCCC2)cc1. The number of ether oxygens (including phenoxy) is 1. The fourth-order valence-corrected chi connectivity index (χ4v) is 2.59. The highest BCUT2D eigenvalue weighted by Crippen LogP contribution is 2.18. The van der Waals surface area contributed by atoms with Crippen LogP contribution in [-0.2, 0) is 0 Å². The molecule has 0 saturated carbocycles. The van der Waals surface area contributed by atoms with Gasteiger partial charge in [-0.1, -0.05) is 6.42 Å². The molecule has 0 amide bonds. The second kappa shape index (κ2) is 6.71. The summed E-state index contributed by atoms with van der Waals surface area (Å²) in [5.74, 6) is 1.04. The van der Waals surface area contributed by atoms with Gasteiger partial charge in [-0.25, -0.2) is 0 Å². The van der Waals surface area contributed by atoms with Crippen LogP contribution >= 0.6 is 0 Å². The quantitative estimate of drug-likeness (QED) is 0.763. The Morgan fingerprint density at radius 2 is 1.84 bits per heavy atom. The van der Waals surface area contributed by atoms with Gasteiger partial charge < -0.3 is 4.74 Å². The highest BCUT2D eigenvalue weighted by Gasteiger charge is 2.23. The number of likely N-dealkylation sites (tertiary alicyclic amines) is 1. The highest BCUT2D eigenvalue weighted by atomic mass is 16.5. The second-order valence-corrected chi connectivity index (χ2v) is 5.09. The molecule has 0 aliphatic carbocycles. The molecule has 0 bridgehead atoms. The number of nitrogens with zero attached hydrogens (tertiary/aromatic N) is 1. The van der Waals surface area contributed by atoms with Gasteiger partial charge in [0.1, 0.15) is 5.75 Å². The maximum atomic E-state index is 12.4. The third-order valence-corrected chi connectivity index (χ3v) is 3.77. The van der Waals surface area contributed by atoms with Crippen molar-refractivity contribution >= 4 is 5.78 Å². The zero-order chi connectivity index (χ0) is 13.7. The molecule has 0 aromatic heterocycles. The molecule has 0 spiro atoms. The number of hydrogen-bond donors (Lipinski definition) is 0. The van der Waals surface area contributed by atoms with Crippen LogP contribution in [0.2, 0.25) is 0 Å². The smallest absolute Gasteiger partial charge is 0.179 e. The summed E-state index contributed by atoms with van der Waals surface area (Å²) in [4.78, 5) is 14.7. The molecule has 2 rings (SSSR count). The van der Waals surface area contributed by atoms with E-state index in [0.29, 0.717) is 6.61 Å². The first kappa shape index (κ1) is 14.1. The van der Waals surface area contributed by atoms with Gasteiger partial charge in [-0.3, -0.25) is 9.69 Å². The summed E-state index contributed by atoms with van der Waals surface area (Å²) in [6.07, 6.45) is 3.71. The number of rotatable bonds is 5. The van der Waals surface area contributed by atoms with E-state index in [-0.39, 0.29) is 11.8 Å². The van der Waals surface area contributed by atoms with Crippen molar-refractivity contribution in [1.82, 2.24) is 4.90 Å². The minimum atomic E-state index is -0.0155. The van der Waals surface area contributed by atoms with E-state index in [1.54, 1.807) is 0 Å². The number of carbonyl (C=O) groups is 1. The van der Waals surface area contributed by atoms with Gasteiger partial charge in [0.05, 0.1) is 12.6 Å². The normalized spacial score (nSPS) is 18.0. The van der Waals surface area contributed by atoms with E-state index in [1.165, 1.54) is 19.3 Å². The molecule has 1 atom stereocenters. The van der Waals surface area contributed by atoms with Gasteiger partial charge in [-0.2, -0.15) is 0 Å². The van der Waals surface area contributed by atoms with E-state index >= 15 is 0 Å². The van der Waals surface area contributed by atoms with Crippen molar-refractivity contribution in [2.45, 2.75) is 39.2 Å². The van der Waals surface area contributed by atoms with Gasteiger partial charge in [-0.05, 0) is 64.0 Å². The Balaban J connectivity index is 2.01. The van der Waals surface area contributed by atoms with Crippen LogP contribution < -0.4 is 4.74 Å². The van der Waals surface area contributed by atoms with Gasteiger partial charge in [0.2, 0.25) is 0 Å². The average Bonchev–Trinajstić information content (AvgIpc) is 2.48. The predicted octanol–water partition coefficient (Wildman–Crippen LogP) is 3.14. The van der Waals surface area contributed by atoms with E-state index in [2.05, 4.69) is 4.90 Å². The van der Waals surface area contributed by atoms with Crippen LogP contribution in [0.5, 0.6) is 5.75 Å². The summed E-state index contributed by atoms with van der Waals surface area (Å²) in [7, 11) is 0. The molecule has 1 aromatic rings. The van der Waals surface area contributed by atoms with Gasteiger partial charge in [-0.15, -0.1) is 0 Å². The Hall–Kier alpha value is -1.35. The number of hydrogen-bond acceptors (Lipinski definition) is 3. The molecule has 3 heteroatoms.